The minimum atomic E-state index is -0.201. The first kappa shape index (κ1) is 17.2. The van der Waals surface area contributed by atoms with Gasteiger partial charge in [0.15, 0.2) is 0 Å². The molecular formula is C17H17ClN4O3. The van der Waals surface area contributed by atoms with E-state index in [9.17, 15) is 4.79 Å². The van der Waals surface area contributed by atoms with Crippen LogP contribution in [0, 0.1) is 0 Å². The zero-order valence-corrected chi connectivity index (χ0v) is 14.3. The number of benzene rings is 1. The van der Waals surface area contributed by atoms with Crippen molar-refractivity contribution in [2.45, 2.75) is 13.0 Å². The average Bonchev–Trinajstić information content (AvgIpc) is 3.01. The lowest BCUT2D eigenvalue weighted by Crippen LogP contribution is -2.23. The highest BCUT2D eigenvalue weighted by atomic mass is 35.5. The number of nitrogens with one attached hydrogen (secondary N) is 2. The Labute approximate surface area is 149 Å². The molecule has 0 fully saturated rings. The van der Waals surface area contributed by atoms with Crippen LogP contribution in [0.25, 0.3) is 22.2 Å². The summed E-state index contributed by atoms with van der Waals surface area (Å²) in [4.78, 5) is 23.1. The number of hydrogen-bond donors (Lipinski definition) is 3. The van der Waals surface area contributed by atoms with E-state index in [2.05, 4.69) is 20.3 Å². The van der Waals surface area contributed by atoms with Crippen molar-refractivity contribution in [2.24, 2.45) is 0 Å². The molecule has 1 aromatic carbocycles. The molecule has 0 aliphatic rings. The van der Waals surface area contributed by atoms with E-state index in [-0.39, 0.29) is 18.9 Å². The Balaban J connectivity index is 1.86. The lowest BCUT2D eigenvalue weighted by atomic mass is 10.1. The second-order valence-electron chi connectivity index (χ2n) is 5.41. The number of fused-ring (bicyclic) bond motifs is 1. The van der Waals surface area contributed by atoms with Gasteiger partial charge in [0.25, 0.3) is 0 Å². The predicted molar refractivity (Wildman–Crippen MR) is 94.4 cm³/mol. The summed E-state index contributed by atoms with van der Waals surface area (Å²) in [6, 6.07) is 5.66. The number of methoxy groups -OCH3 is 1. The Bertz CT molecular complexity index is 893. The molecule has 0 saturated carbocycles. The van der Waals surface area contributed by atoms with Crippen LogP contribution in [0.2, 0.25) is 5.02 Å². The van der Waals surface area contributed by atoms with Crippen LogP contribution in [-0.2, 0) is 11.3 Å². The van der Waals surface area contributed by atoms with E-state index < -0.39 is 0 Å². The maximum absolute atomic E-state index is 11.4. The summed E-state index contributed by atoms with van der Waals surface area (Å²) in [5.41, 5.74) is 3.11. The number of ether oxygens (including phenoxy) is 1. The van der Waals surface area contributed by atoms with Crippen LogP contribution in [0.3, 0.4) is 0 Å². The molecule has 0 aliphatic carbocycles. The van der Waals surface area contributed by atoms with Crippen LogP contribution in [0.4, 0.5) is 0 Å². The van der Waals surface area contributed by atoms with Gasteiger partial charge in [-0.1, -0.05) is 11.6 Å². The summed E-state index contributed by atoms with van der Waals surface area (Å²) in [7, 11) is 1.53. The van der Waals surface area contributed by atoms with Crippen LogP contribution in [-0.4, -0.2) is 39.7 Å². The first-order valence-corrected chi connectivity index (χ1v) is 8.03. The number of hydrogen-bond acceptors (Lipinski definition) is 5. The molecule has 130 valence electrons. The highest BCUT2D eigenvalue weighted by molar-refractivity contribution is 6.34. The van der Waals surface area contributed by atoms with Gasteiger partial charge in [0, 0.05) is 28.6 Å². The number of rotatable bonds is 6. The first-order valence-electron chi connectivity index (χ1n) is 7.66. The Morgan fingerprint density at radius 3 is 2.84 bits per heavy atom. The van der Waals surface area contributed by atoms with Crippen LogP contribution < -0.4 is 10.1 Å². The number of amides is 1. The lowest BCUT2D eigenvalue weighted by Gasteiger charge is -2.05. The zero-order chi connectivity index (χ0) is 17.8. The molecule has 2 aromatic heterocycles. The molecule has 0 unspecified atom stereocenters. The third-order valence-electron chi connectivity index (χ3n) is 3.69. The van der Waals surface area contributed by atoms with Gasteiger partial charge in [-0.15, -0.1) is 0 Å². The van der Waals surface area contributed by atoms with Gasteiger partial charge in [0.2, 0.25) is 11.8 Å². The number of carbonyl (C=O) groups is 1. The summed E-state index contributed by atoms with van der Waals surface area (Å²) >= 11 is 6.38. The van der Waals surface area contributed by atoms with Gasteiger partial charge < -0.3 is 20.1 Å². The average molecular weight is 361 g/mol. The molecule has 0 atom stereocenters. The zero-order valence-electron chi connectivity index (χ0n) is 13.5. The van der Waals surface area contributed by atoms with Crippen molar-refractivity contribution in [2.75, 3.05) is 13.7 Å². The molecule has 3 aromatic rings. The highest BCUT2D eigenvalue weighted by Gasteiger charge is 2.11. The topological polar surface area (TPSA) is 100 Å². The summed E-state index contributed by atoms with van der Waals surface area (Å²) in [5, 5.41) is 13.0. The van der Waals surface area contributed by atoms with E-state index in [1.165, 1.54) is 13.3 Å². The third kappa shape index (κ3) is 3.89. The smallest absolute Gasteiger partial charge is 0.232 e. The Morgan fingerprint density at radius 1 is 1.32 bits per heavy atom. The Hall–Kier alpha value is -2.64. The molecule has 0 radical (unpaired) electrons. The van der Waals surface area contributed by atoms with Gasteiger partial charge >= 0.3 is 0 Å². The number of aliphatic hydroxyl groups is 1. The normalized spacial score (nSPS) is 10.8. The molecule has 0 bridgehead atoms. The fraction of sp³-hybridized carbons (Fsp3) is 0.235. The summed E-state index contributed by atoms with van der Waals surface area (Å²) in [5.74, 6) is 0.232. The van der Waals surface area contributed by atoms with Crippen LogP contribution in [0.5, 0.6) is 5.88 Å². The number of aromatic nitrogens is 3. The van der Waals surface area contributed by atoms with Crippen molar-refractivity contribution in [1.82, 2.24) is 20.3 Å². The molecule has 25 heavy (non-hydrogen) atoms. The largest absolute Gasteiger partial charge is 0.480 e. The molecule has 3 rings (SSSR count). The molecule has 0 aliphatic heterocycles. The number of aliphatic hydroxyl groups excluding tert-OH is 1. The predicted octanol–water partition coefficient (Wildman–Crippen LogP) is 2.29. The minimum absolute atomic E-state index is 0.0896. The number of nitrogens with zero attached hydrogens (tertiary/aromatic N) is 2. The van der Waals surface area contributed by atoms with E-state index in [4.69, 9.17) is 21.4 Å². The van der Waals surface area contributed by atoms with E-state index in [0.717, 1.165) is 22.2 Å². The van der Waals surface area contributed by atoms with E-state index in [1.807, 2.05) is 18.2 Å². The molecule has 7 nitrogen and oxygen atoms in total. The monoisotopic (exact) mass is 360 g/mol. The number of carbonyl (C=O) groups excluding carboxylic acids is 1. The fourth-order valence-corrected chi connectivity index (χ4v) is 2.72. The number of H-pyrrole nitrogens is 1. The Morgan fingerprint density at radius 2 is 2.16 bits per heavy atom. The second-order valence-corrected chi connectivity index (χ2v) is 5.82. The number of halogens is 1. The van der Waals surface area contributed by atoms with Crippen molar-refractivity contribution < 1.29 is 14.6 Å². The summed E-state index contributed by atoms with van der Waals surface area (Å²) in [6.45, 7) is 0.184. The van der Waals surface area contributed by atoms with Crippen molar-refractivity contribution in [3.05, 3.63) is 41.3 Å². The highest BCUT2D eigenvalue weighted by Crippen LogP contribution is 2.31. The van der Waals surface area contributed by atoms with Gasteiger partial charge in [-0.05, 0) is 18.2 Å². The number of aromatic amines is 1. The molecular weight excluding hydrogens is 344 g/mol. The molecule has 0 spiro atoms. The lowest BCUT2D eigenvalue weighted by molar-refractivity contribution is -0.121. The Kier molecular flexibility index (Phi) is 5.16. The van der Waals surface area contributed by atoms with E-state index in [0.29, 0.717) is 23.1 Å². The minimum Gasteiger partial charge on any atom is -0.480 e. The van der Waals surface area contributed by atoms with Crippen molar-refractivity contribution in [1.29, 1.82) is 0 Å². The van der Waals surface area contributed by atoms with Crippen molar-refractivity contribution >= 4 is 28.4 Å². The summed E-state index contributed by atoms with van der Waals surface area (Å²) in [6.07, 6.45) is 3.23. The first-order chi connectivity index (χ1) is 12.1. The van der Waals surface area contributed by atoms with Crippen molar-refractivity contribution in [3.8, 4) is 17.1 Å². The van der Waals surface area contributed by atoms with E-state index >= 15 is 0 Å². The fourth-order valence-electron chi connectivity index (χ4n) is 2.45. The second kappa shape index (κ2) is 7.50. The van der Waals surface area contributed by atoms with Gasteiger partial charge in [-0.3, -0.25) is 4.79 Å². The van der Waals surface area contributed by atoms with Gasteiger partial charge in [0.1, 0.15) is 0 Å². The van der Waals surface area contributed by atoms with Crippen molar-refractivity contribution in [3.63, 3.8) is 0 Å². The van der Waals surface area contributed by atoms with Crippen LogP contribution >= 0.6 is 11.6 Å². The van der Waals surface area contributed by atoms with Gasteiger partial charge in [0.05, 0.1) is 43.4 Å². The molecule has 2 heterocycles. The molecule has 1 amide bonds. The van der Waals surface area contributed by atoms with Gasteiger partial charge in [-0.25, -0.2) is 9.97 Å². The van der Waals surface area contributed by atoms with Gasteiger partial charge in [-0.2, -0.15) is 0 Å². The summed E-state index contributed by atoms with van der Waals surface area (Å²) < 4.78 is 5.01. The molecule has 3 N–H and O–H groups in total. The molecule has 8 heteroatoms. The SMILES string of the molecule is COc1cnc(-c2cc3[nH]c(CNC(=O)CCO)cc3cc2Cl)cn1. The maximum Gasteiger partial charge on any atom is 0.232 e. The van der Waals surface area contributed by atoms with Crippen LogP contribution in [0.1, 0.15) is 12.1 Å². The van der Waals surface area contributed by atoms with E-state index in [1.54, 1.807) is 6.20 Å². The quantitative estimate of drug-likeness (QED) is 0.626. The maximum atomic E-state index is 11.4. The third-order valence-corrected chi connectivity index (χ3v) is 4.00. The standard InChI is InChI=1S/C17H17ClN4O3/c1-25-17-9-19-15(8-21-17)12-6-14-10(5-13(12)18)4-11(22-14)7-20-16(24)2-3-23/h4-6,8-9,22-23H,2-3,7H2,1H3,(H,20,24). The molecule has 0 saturated heterocycles. The van der Waals surface area contributed by atoms with Crippen LogP contribution in [0.15, 0.2) is 30.6 Å².